The van der Waals surface area contributed by atoms with Gasteiger partial charge in [0.05, 0.1) is 12.1 Å². The van der Waals surface area contributed by atoms with E-state index in [0.717, 1.165) is 17.3 Å². The smallest absolute Gasteiger partial charge is 0.137 e. The number of ether oxygens (including phenoxy) is 1. The fourth-order valence-electron chi connectivity index (χ4n) is 1.83. The average molecular weight is 296 g/mol. The summed E-state index contributed by atoms with van der Waals surface area (Å²) in [4.78, 5) is 0. The quantitative estimate of drug-likeness (QED) is 0.864. The van der Waals surface area contributed by atoms with E-state index in [-0.39, 0.29) is 0 Å². The van der Waals surface area contributed by atoms with Crippen molar-refractivity contribution in [2.24, 2.45) is 0 Å². The lowest BCUT2D eigenvalue weighted by atomic mass is 10.1. The number of hydrogen-bond acceptors (Lipinski definition) is 2. The molecule has 1 N–H and O–H groups in total. The number of hydrogen-bond donors (Lipinski definition) is 1. The number of benzene rings is 2. The summed E-state index contributed by atoms with van der Waals surface area (Å²) in [5, 5.41) is 4.69. The summed E-state index contributed by atoms with van der Waals surface area (Å²) in [5.41, 5.74) is 3.33. The van der Waals surface area contributed by atoms with Crippen molar-refractivity contribution in [1.29, 1.82) is 0 Å². The minimum Gasteiger partial charge on any atom is -0.495 e. The normalized spacial score (nSPS) is 10.3. The molecule has 0 fully saturated rings. The lowest BCUT2D eigenvalue weighted by molar-refractivity contribution is 0.415. The van der Waals surface area contributed by atoms with Crippen LogP contribution in [0.25, 0.3) is 0 Å². The maximum atomic E-state index is 6.08. The van der Waals surface area contributed by atoms with Crippen molar-refractivity contribution in [2.75, 3.05) is 12.4 Å². The van der Waals surface area contributed by atoms with Crippen molar-refractivity contribution in [1.82, 2.24) is 0 Å². The summed E-state index contributed by atoms with van der Waals surface area (Å²) in [7, 11) is 1.60. The summed E-state index contributed by atoms with van der Waals surface area (Å²) in [6.07, 6.45) is 0. The van der Waals surface area contributed by atoms with Crippen LogP contribution in [0, 0.1) is 6.92 Å². The van der Waals surface area contributed by atoms with Gasteiger partial charge < -0.3 is 10.1 Å². The van der Waals surface area contributed by atoms with E-state index in [0.29, 0.717) is 10.8 Å². The molecule has 0 amide bonds. The second-order valence-corrected chi connectivity index (χ2v) is 5.12. The Morgan fingerprint density at radius 3 is 2.53 bits per heavy atom. The molecule has 2 rings (SSSR count). The van der Waals surface area contributed by atoms with Gasteiger partial charge in [0.2, 0.25) is 0 Å². The molecule has 0 heterocycles. The first-order valence-corrected chi connectivity index (χ1v) is 6.68. The highest BCUT2D eigenvalue weighted by Gasteiger charge is 2.03. The van der Waals surface area contributed by atoms with Crippen LogP contribution in [0.4, 0.5) is 5.69 Å². The van der Waals surface area contributed by atoms with Crippen LogP contribution in [0.15, 0.2) is 36.4 Å². The van der Waals surface area contributed by atoms with Crippen molar-refractivity contribution >= 4 is 28.9 Å². The van der Waals surface area contributed by atoms with Gasteiger partial charge in [-0.25, -0.2) is 0 Å². The third kappa shape index (κ3) is 3.55. The van der Waals surface area contributed by atoms with Crippen molar-refractivity contribution < 1.29 is 4.74 Å². The van der Waals surface area contributed by atoms with E-state index in [9.17, 15) is 0 Å². The van der Waals surface area contributed by atoms with Gasteiger partial charge in [-0.2, -0.15) is 0 Å². The molecule has 0 aliphatic heterocycles. The minimum absolute atomic E-state index is 0.598. The molecular weight excluding hydrogens is 281 g/mol. The fraction of sp³-hybridized carbons (Fsp3) is 0.200. The van der Waals surface area contributed by atoms with Crippen LogP contribution >= 0.6 is 23.2 Å². The molecule has 19 heavy (non-hydrogen) atoms. The molecule has 2 aromatic rings. The lowest BCUT2D eigenvalue weighted by Crippen LogP contribution is -2.01. The first-order valence-electron chi connectivity index (χ1n) is 5.92. The largest absolute Gasteiger partial charge is 0.495 e. The second kappa shape index (κ2) is 6.18. The Bertz CT molecular complexity index is 584. The van der Waals surface area contributed by atoms with Crippen LogP contribution in [-0.4, -0.2) is 7.11 Å². The number of rotatable bonds is 4. The third-order valence-electron chi connectivity index (χ3n) is 2.94. The molecule has 0 atom stereocenters. The molecule has 0 aromatic heterocycles. The van der Waals surface area contributed by atoms with Crippen LogP contribution in [0.1, 0.15) is 11.1 Å². The molecule has 0 radical (unpaired) electrons. The van der Waals surface area contributed by atoms with Crippen molar-refractivity contribution in [3.8, 4) is 5.75 Å². The molecule has 2 nitrogen and oxygen atoms in total. The fourth-order valence-corrected chi connectivity index (χ4v) is 2.32. The van der Waals surface area contributed by atoms with E-state index in [4.69, 9.17) is 27.9 Å². The van der Waals surface area contributed by atoms with Gasteiger partial charge >= 0.3 is 0 Å². The monoisotopic (exact) mass is 295 g/mol. The number of nitrogens with one attached hydrogen (secondary N) is 1. The Hall–Kier alpha value is -1.38. The van der Waals surface area contributed by atoms with Crippen molar-refractivity contribution in [3.63, 3.8) is 0 Å². The average Bonchev–Trinajstić information content (AvgIpc) is 2.38. The summed E-state index contributed by atoms with van der Waals surface area (Å²) < 4.78 is 5.12. The number of anilines is 1. The van der Waals surface area contributed by atoms with E-state index in [1.54, 1.807) is 7.11 Å². The predicted octanol–water partition coefficient (Wildman–Crippen LogP) is 4.92. The Labute approximate surface area is 123 Å². The van der Waals surface area contributed by atoms with Gasteiger partial charge in [-0.15, -0.1) is 0 Å². The highest BCUT2D eigenvalue weighted by atomic mass is 35.5. The number of halogens is 2. The van der Waals surface area contributed by atoms with Crippen LogP contribution in [-0.2, 0) is 6.54 Å². The maximum absolute atomic E-state index is 6.08. The standard InChI is InChI=1S/C15H15Cl2NO/c1-10-7-12(16)4-3-11(10)9-18-13-5-6-15(19-2)14(17)8-13/h3-8,18H,9H2,1-2H3. The topological polar surface area (TPSA) is 21.3 Å². The molecule has 0 bridgehead atoms. The Kier molecular flexibility index (Phi) is 4.56. The van der Waals surface area contributed by atoms with Gasteiger partial charge in [-0.1, -0.05) is 29.3 Å². The van der Waals surface area contributed by atoms with E-state index in [1.807, 2.05) is 43.3 Å². The molecule has 0 saturated carbocycles. The highest BCUT2D eigenvalue weighted by Crippen LogP contribution is 2.27. The van der Waals surface area contributed by atoms with E-state index < -0.39 is 0 Å². The molecule has 4 heteroatoms. The summed E-state index contributed by atoms with van der Waals surface area (Å²) in [5.74, 6) is 0.676. The summed E-state index contributed by atoms with van der Waals surface area (Å²) in [6, 6.07) is 11.5. The SMILES string of the molecule is COc1ccc(NCc2ccc(Cl)cc2C)cc1Cl. The van der Waals surface area contributed by atoms with Gasteiger partial charge in [-0.05, 0) is 48.4 Å². The van der Waals surface area contributed by atoms with E-state index >= 15 is 0 Å². The Morgan fingerprint density at radius 2 is 1.89 bits per heavy atom. The summed E-state index contributed by atoms with van der Waals surface area (Å²) >= 11 is 12.0. The number of methoxy groups -OCH3 is 1. The predicted molar refractivity (Wildman–Crippen MR) is 81.5 cm³/mol. The van der Waals surface area contributed by atoms with E-state index in [1.165, 1.54) is 11.1 Å². The van der Waals surface area contributed by atoms with Gasteiger partial charge in [-0.3, -0.25) is 0 Å². The molecule has 0 saturated heterocycles. The van der Waals surface area contributed by atoms with Crippen LogP contribution in [0.3, 0.4) is 0 Å². The first kappa shape index (κ1) is 14.0. The van der Waals surface area contributed by atoms with Crippen LogP contribution < -0.4 is 10.1 Å². The zero-order valence-corrected chi connectivity index (χ0v) is 12.3. The molecule has 0 aliphatic carbocycles. The lowest BCUT2D eigenvalue weighted by Gasteiger charge is -2.11. The first-order chi connectivity index (χ1) is 9.10. The molecule has 0 unspecified atom stereocenters. The minimum atomic E-state index is 0.598. The van der Waals surface area contributed by atoms with Gasteiger partial charge in [0.15, 0.2) is 0 Å². The molecular formula is C15H15Cl2NO. The van der Waals surface area contributed by atoms with Crippen LogP contribution in [0.5, 0.6) is 5.75 Å². The van der Waals surface area contributed by atoms with E-state index in [2.05, 4.69) is 5.32 Å². The molecule has 100 valence electrons. The third-order valence-corrected chi connectivity index (χ3v) is 3.47. The zero-order chi connectivity index (χ0) is 13.8. The molecule has 2 aromatic carbocycles. The Balaban J connectivity index is 2.08. The second-order valence-electron chi connectivity index (χ2n) is 4.27. The van der Waals surface area contributed by atoms with Gasteiger partial charge in [0, 0.05) is 17.3 Å². The van der Waals surface area contributed by atoms with Crippen LogP contribution in [0.2, 0.25) is 10.0 Å². The number of aryl methyl sites for hydroxylation is 1. The maximum Gasteiger partial charge on any atom is 0.137 e. The van der Waals surface area contributed by atoms with Gasteiger partial charge in [0.1, 0.15) is 5.75 Å². The Morgan fingerprint density at radius 1 is 1.11 bits per heavy atom. The molecule has 0 spiro atoms. The molecule has 0 aliphatic rings. The van der Waals surface area contributed by atoms with Gasteiger partial charge in [0.25, 0.3) is 0 Å². The zero-order valence-electron chi connectivity index (χ0n) is 10.8. The summed E-state index contributed by atoms with van der Waals surface area (Å²) in [6.45, 7) is 2.77. The van der Waals surface area contributed by atoms with Crippen molar-refractivity contribution in [3.05, 3.63) is 57.6 Å². The highest BCUT2D eigenvalue weighted by molar-refractivity contribution is 6.32. The van der Waals surface area contributed by atoms with Crippen molar-refractivity contribution in [2.45, 2.75) is 13.5 Å².